The summed E-state index contributed by atoms with van der Waals surface area (Å²) in [6, 6.07) is 0. The van der Waals surface area contributed by atoms with Gasteiger partial charge in [0.15, 0.2) is 5.78 Å². The summed E-state index contributed by atoms with van der Waals surface area (Å²) < 4.78 is 5.44. The van der Waals surface area contributed by atoms with E-state index in [0.717, 1.165) is 25.7 Å². The molecule has 0 heterocycles. The van der Waals surface area contributed by atoms with E-state index in [1.807, 2.05) is 19.1 Å². The predicted octanol–water partition coefficient (Wildman–Crippen LogP) is 4.06. The Bertz CT molecular complexity index is 1020. The van der Waals surface area contributed by atoms with Gasteiger partial charge in [0.2, 0.25) is 0 Å². The molecule has 0 aromatic rings. The lowest BCUT2D eigenvalue weighted by Crippen LogP contribution is -2.65. The molecule has 0 aromatic carbocycles. The summed E-state index contributed by atoms with van der Waals surface area (Å²) in [4.78, 5) is 26.6. The third-order valence-electron chi connectivity index (χ3n) is 9.58. The van der Waals surface area contributed by atoms with Crippen molar-refractivity contribution < 1.29 is 29.6 Å². The van der Waals surface area contributed by atoms with Crippen LogP contribution in [0.2, 0.25) is 0 Å². The molecule has 8 atom stereocenters. The summed E-state index contributed by atoms with van der Waals surface area (Å²) in [6.45, 7) is 9.84. The number of Topliss-reactive ketones (excluding diaryl/α,β-unsaturated/α-hetero) is 1. The number of hydrogen-bond donors (Lipinski definition) is 3. The van der Waals surface area contributed by atoms with Gasteiger partial charge in [-0.3, -0.25) is 4.79 Å². The molecule has 0 saturated heterocycles. The van der Waals surface area contributed by atoms with Crippen LogP contribution in [0.5, 0.6) is 0 Å². The molecule has 198 valence electrons. The van der Waals surface area contributed by atoms with Crippen LogP contribution in [-0.4, -0.2) is 51.5 Å². The van der Waals surface area contributed by atoms with Gasteiger partial charge in [-0.1, -0.05) is 70.9 Å². The molecule has 4 aliphatic rings. The van der Waals surface area contributed by atoms with E-state index in [0.29, 0.717) is 11.5 Å². The lowest BCUT2D eigenvalue weighted by Gasteiger charge is -2.48. The number of ether oxygens (including phenoxy) is 1. The van der Waals surface area contributed by atoms with Crippen LogP contribution in [0, 0.1) is 34.5 Å². The van der Waals surface area contributed by atoms with Gasteiger partial charge in [-0.25, -0.2) is 4.79 Å². The minimum Gasteiger partial charge on any atom is -0.458 e. The Morgan fingerprint density at radius 3 is 2.61 bits per heavy atom. The molecule has 6 nitrogen and oxygen atoms in total. The number of ketones is 1. The van der Waals surface area contributed by atoms with Crippen LogP contribution in [-0.2, 0) is 14.3 Å². The molecule has 2 bridgehead atoms. The van der Waals surface area contributed by atoms with Crippen LogP contribution in [0.1, 0.15) is 66.7 Å². The predicted molar refractivity (Wildman–Crippen MR) is 138 cm³/mol. The molecule has 36 heavy (non-hydrogen) atoms. The molecule has 4 rings (SSSR count). The standard InChI is InChI=1S/C30H42O6/c1-6-7-8-9-10-11-12-13-23(31)36-17-20-15-21-24-22(28(24,4)5)14-19(3)29(27(21)34)16-18(2)25(32)30(29,35)26(20)33/h10-13,15-16,19,21-22,24-26,32-33,35H,6-9,14,17H2,1-5H3/t19-,21+,22-,24+,25+,26-,29+,30-/m1/s1. The van der Waals surface area contributed by atoms with Gasteiger partial charge in [0.05, 0.1) is 5.41 Å². The maximum Gasteiger partial charge on any atom is 0.331 e. The van der Waals surface area contributed by atoms with Crippen molar-refractivity contribution in [1.29, 1.82) is 0 Å². The number of carbonyl (C=O) groups is 2. The van der Waals surface area contributed by atoms with E-state index in [1.54, 1.807) is 25.2 Å². The van der Waals surface area contributed by atoms with Crippen molar-refractivity contribution in [3.63, 3.8) is 0 Å². The molecule has 0 radical (unpaired) electrons. The molecule has 2 fully saturated rings. The maximum atomic E-state index is 14.2. The fourth-order valence-electron chi connectivity index (χ4n) is 7.44. The average molecular weight is 499 g/mol. The Morgan fingerprint density at radius 2 is 1.92 bits per heavy atom. The van der Waals surface area contributed by atoms with Crippen molar-refractivity contribution in [2.24, 2.45) is 34.5 Å². The van der Waals surface area contributed by atoms with Crippen molar-refractivity contribution in [2.45, 2.75) is 84.5 Å². The fourth-order valence-corrected chi connectivity index (χ4v) is 7.44. The highest BCUT2D eigenvalue weighted by atomic mass is 16.5. The lowest BCUT2D eigenvalue weighted by atomic mass is 9.59. The van der Waals surface area contributed by atoms with Gasteiger partial charge >= 0.3 is 5.97 Å². The third kappa shape index (κ3) is 3.97. The second-order valence-electron chi connectivity index (χ2n) is 12.0. The highest BCUT2D eigenvalue weighted by molar-refractivity contribution is 5.95. The van der Waals surface area contributed by atoms with Gasteiger partial charge in [-0.05, 0) is 60.5 Å². The smallest absolute Gasteiger partial charge is 0.331 e. The second kappa shape index (κ2) is 9.70. The van der Waals surface area contributed by atoms with Crippen molar-refractivity contribution in [2.75, 3.05) is 6.61 Å². The number of allylic oxidation sites excluding steroid dienone is 4. The van der Waals surface area contributed by atoms with Crippen molar-refractivity contribution >= 4 is 11.8 Å². The quantitative estimate of drug-likeness (QED) is 0.153. The molecule has 2 saturated carbocycles. The first kappa shape index (κ1) is 27.0. The molecule has 0 aromatic heterocycles. The molecule has 3 N–H and O–H groups in total. The van der Waals surface area contributed by atoms with Crippen LogP contribution >= 0.6 is 0 Å². The zero-order valence-electron chi connectivity index (χ0n) is 22.2. The number of unbranched alkanes of at least 4 members (excludes halogenated alkanes) is 3. The first-order chi connectivity index (χ1) is 16.9. The van der Waals surface area contributed by atoms with Gasteiger partial charge in [-0.2, -0.15) is 0 Å². The van der Waals surface area contributed by atoms with Crippen molar-refractivity contribution in [3.05, 3.63) is 47.6 Å². The number of esters is 1. The molecule has 4 aliphatic carbocycles. The van der Waals surface area contributed by atoms with Crippen LogP contribution in [0.3, 0.4) is 0 Å². The second-order valence-corrected chi connectivity index (χ2v) is 12.0. The zero-order chi connectivity index (χ0) is 26.5. The third-order valence-corrected chi connectivity index (χ3v) is 9.58. The number of aliphatic hydroxyl groups is 3. The normalized spacial score (nSPS) is 40.8. The van der Waals surface area contributed by atoms with E-state index in [1.165, 1.54) is 12.5 Å². The largest absolute Gasteiger partial charge is 0.458 e. The first-order valence-corrected chi connectivity index (χ1v) is 13.5. The fraction of sp³-hybridized carbons (Fsp3) is 0.667. The van der Waals surface area contributed by atoms with Crippen LogP contribution in [0.15, 0.2) is 47.6 Å². The summed E-state index contributed by atoms with van der Waals surface area (Å²) in [5, 5.41) is 34.6. The Balaban J connectivity index is 1.59. The summed E-state index contributed by atoms with van der Waals surface area (Å²) in [6.07, 6.45) is 12.4. The molecule has 0 amide bonds. The van der Waals surface area contributed by atoms with Crippen LogP contribution in [0.4, 0.5) is 0 Å². The average Bonchev–Trinajstić information content (AvgIpc) is 3.33. The number of rotatable bonds is 8. The summed E-state index contributed by atoms with van der Waals surface area (Å²) in [5.74, 6) is -1.13. The summed E-state index contributed by atoms with van der Waals surface area (Å²) >= 11 is 0. The number of aliphatic hydroxyl groups excluding tert-OH is 2. The number of fused-ring (bicyclic) bond motifs is 3. The highest BCUT2D eigenvalue weighted by Gasteiger charge is 2.75. The van der Waals surface area contributed by atoms with Gasteiger partial charge < -0.3 is 20.1 Å². The zero-order valence-corrected chi connectivity index (χ0v) is 22.2. The van der Waals surface area contributed by atoms with E-state index in [-0.39, 0.29) is 35.2 Å². The highest BCUT2D eigenvalue weighted by Crippen LogP contribution is 2.71. The Kier molecular flexibility index (Phi) is 7.28. The topological polar surface area (TPSA) is 104 Å². The Labute approximate surface area is 214 Å². The molecule has 1 spiro atoms. The van der Waals surface area contributed by atoms with Crippen molar-refractivity contribution in [1.82, 2.24) is 0 Å². The molecule has 0 aliphatic heterocycles. The number of carbonyl (C=O) groups excluding carboxylic acids is 2. The van der Waals surface area contributed by atoms with E-state index < -0.39 is 35.1 Å². The Hall–Kier alpha value is -2.02. The molecular weight excluding hydrogens is 456 g/mol. The van der Waals surface area contributed by atoms with E-state index >= 15 is 0 Å². The minimum atomic E-state index is -2.11. The van der Waals surface area contributed by atoms with Gasteiger partial charge in [0.25, 0.3) is 0 Å². The number of hydrogen-bond acceptors (Lipinski definition) is 6. The molecular formula is C30H42O6. The molecule has 0 unspecified atom stereocenters. The Morgan fingerprint density at radius 1 is 1.19 bits per heavy atom. The monoisotopic (exact) mass is 498 g/mol. The molecule has 6 heteroatoms. The first-order valence-electron chi connectivity index (χ1n) is 13.5. The van der Waals surface area contributed by atoms with Crippen LogP contribution < -0.4 is 0 Å². The summed E-state index contributed by atoms with van der Waals surface area (Å²) in [5.41, 5.74) is -2.79. The van der Waals surface area contributed by atoms with E-state index in [4.69, 9.17) is 4.74 Å². The van der Waals surface area contributed by atoms with Crippen molar-refractivity contribution in [3.8, 4) is 0 Å². The minimum absolute atomic E-state index is 0.0376. The summed E-state index contributed by atoms with van der Waals surface area (Å²) in [7, 11) is 0. The van der Waals surface area contributed by atoms with E-state index in [2.05, 4.69) is 20.8 Å². The lowest BCUT2D eigenvalue weighted by molar-refractivity contribution is -0.190. The van der Waals surface area contributed by atoms with Gasteiger partial charge in [0.1, 0.15) is 24.4 Å². The van der Waals surface area contributed by atoms with Gasteiger partial charge in [0, 0.05) is 12.0 Å². The van der Waals surface area contributed by atoms with Crippen LogP contribution in [0.25, 0.3) is 0 Å². The van der Waals surface area contributed by atoms with Gasteiger partial charge in [-0.15, -0.1) is 0 Å². The van der Waals surface area contributed by atoms with E-state index in [9.17, 15) is 24.9 Å². The SMILES string of the molecule is CCCCCC=CC=CC(=O)OCC1=C[C@@H]2C(=O)[C@]3(C=C(C)[C@H](O)[C@@]3(O)[C@@H]1O)[C@H](C)C[C@@H]1[C@H]2C1(C)C. The maximum absolute atomic E-state index is 14.2.